The third kappa shape index (κ3) is 2.92. The molecule has 0 amide bonds. The molecular weight excluding hydrogens is 262 g/mol. The summed E-state index contributed by atoms with van der Waals surface area (Å²) in [6.45, 7) is 8.01. The third-order valence-corrected chi connectivity index (χ3v) is 4.24. The van der Waals surface area contributed by atoms with Gasteiger partial charge in [-0.05, 0) is 49.8 Å². The number of aryl methyl sites for hydroxylation is 3. The van der Waals surface area contributed by atoms with Crippen molar-refractivity contribution in [3.05, 3.63) is 45.7 Å². The van der Waals surface area contributed by atoms with E-state index < -0.39 is 0 Å². The first-order valence-electron chi connectivity index (χ1n) is 7.46. The highest BCUT2D eigenvalue weighted by atomic mass is 16.3. The molecule has 1 aliphatic carbocycles. The van der Waals surface area contributed by atoms with Crippen LogP contribution in [0.15, 0.2) is 23.5 Å². The number of carbonyl (C=O) groups is 1. The fourth-order valence-electron chi connectivity index (χ4n) is 3.45. The summed E-state index contributed by atoms with van der Waals surface area (Å²) in [6, 6.07) is 4.24. The Kier molecular flexibility index (Phi) is 4.31. The lowest BCUT2D eigenvalue weighted by atomic mass is 9.78. The minimum absolute atomic E-state index is 0.0199. The zero-order valence-corrected chi connectivity index (χ0v) is 13.2. The molecule has 0 aliphatic heterocycles. The van der Waals surface area contributed by atoms with Gasteiger partial charge in [-0.2, -0.15) is 0 Å². The molecule has 1 atom stereocenters. The SMILES string of the molecule is CCC(=N)C1=C(O)CC(c2c(C)cc(C)cc2C)CC1=O. The van der Waals surface area contributed by atoms with E-state index in [1.807, 2.05) is 6.92 Å². The number of ketones is 1. The molecule has 0 saturated carbocycles. The summed E-state index contributed by atoms with van der Waals surface area (Å²) in [5, 5.41) is 18.1. The molecule has 0 bridgehead atoms. The Bertz CT molecular complexity index is 618. The molecule has 0 radical (unpaired) electrons. The fourth-order valence-corrected chi connectivity index (χ4v) is 3.45. The second kappa shape index (κ2) is 5.84. The van der Waals surface area contributed by atoms with Crippen LogP contribution in [0.5, 0.6) is 0 Å². The molecule has 3 heteroatoms. The number of rotatable bonds is 3. The van der Waals surface area contributed by atoms with E-state index >= 15 is 0 Å². The maximum atomic E-state index is 12.3. The first kappa shape index (κ1) is 15.5. The Labute approximate surface area is 126 Å². The van der Waals surface area contributed by atoms with Crippen molar-refractivity contribution in [3.63, 3.8) is 0 Å². The van der Waals surface area contributed by atoms with Crippen LogP contribution in [0.2, 0.25) is 0 Å². The van der Waals surface area contributed by atoms with E-state index in [9.17, 15) is 9.90 Å². The monoisotopic (exact) mass is 285 g/mol. The average Bonchev–Trinajstić information content (AvgIpc) is 2.36. The standard InChI is InChI=1S/C18H23NO2/c1-5-14(19)18-15(20)8-13(9-16(18)21)17-11(3)6-10(2)7-12(17)4/h6-7,13,19-20H,5,8-9H2,1-4H3. The van der Waals surface area contributed by atoms with E-state index in [1.165, 1.54) is 22.3 Å². The molecule has 1 aromatic rings. The Morgan fingerprint density at radius 1 is 1.24 bits per heavy atom. The maximum absolute atomic E-state index is 12.3. The van der Waals surface area contributed by atoms with E-state index in [2.05, 4.69) is 32.9 Å². The highest BCUT2D eigenvalue weighted by molar-refractivity contribution is 6.22. The fraction of sp³-hybridized carbons (Fsp3) is 0.444. The van der Waals surface area contributed by atoms with E-state index in [0.717, 1.165) is 0 Å². The number of hydrogen-bond donors (Lipinski definition) is 2. The van der Waals surface area contributed by atoms with Gasteiger partial charge in [0, 0.05) is 18.6 Å². The summed E-state index contributed by atoms with van der Waals surface area (Å²) in [4.78, 5) is 12.3. The first-order chi connectivity index (χ1) is 9.85. The summed E-state index contributed by atoms with van der Waals surface area (Å²) in [5.41, 5.74) is 5.22. The normalized spacial score (nSPS) is 19.0. The van der Waals surface area contributed by atoms with E-state index in [1.54, 1.807) is 0 Å². The topological polar surface area (TPSA) is 61.1 Å². The summed E-state index contributed by atoms with van der Waals surface area (Å²) in [7, 11) is 0. The van der Waals surface area contributed by atoms with Crippen LogP contribution < -0.4 is 0 Å². The van der Waals surface area contributed by atoms with Gasteiger partial charge in [0.05, 0.1) is 5.57 Å². The summed E-state index contributed by atoms with van der Waals surface area (Å²) >= 11 is 0. The second-order valence-electron chi connectivity index (χ2n) is 5.99. The average molecular weight is 285 g/mol. The highest BCUT2D eigenvalue weighted by Crippen LogP contribution is 2.37. The van der Waals surface area contributed by atoms with Gasteiger partial charge in [-0.3, -0.25) is 4.79 Å². The summed E-state index contributed by atoms with van der Waals surface area (Å²) in [5.74, 6) is 0.00366. The molecular formula is C18H23NO2. The molecule has 112 valence electrons. The highest BCUT2D eigenvalue weighted by Gasteiger charge is 2.31. The van der Waals surface area contributed by atoms with Gasteiger partial charge in [-0.15, -0.1) is 0 Å². The van der Waals surface area contributed by atoms with E-state index in [4.69, 9.17) is 5.41 Å². The van der Waals surface area contributed by atoms with Crippen molar-refractivity contribution in [1.82, 2.24) is 0 Å². The first-order valence-corrected chi connectivity index (χ1v) is 7.46. The smallest absolute Gasteiger partial charge is 0.168 e. The lowest BCUT2D eigenvalue weighted by Crippen LogP contribution is -2.23. The Morgan fingerprint density at radius 2 is 1.81 bits per heavy atom. The van der Waals surface area contributed by atoms with Crippen molar-refractivity contribution >= 4 is 11.5 Å². The van der Waals surface area contributed by atoms with Crippen molar-refractivity contribution in [2.45, 2.75) is 52.9 Å². The van der Waals surface area contributed by atoms with Gasteiger partial charge in [0.1, 0.15) is 5.76 Å². The van der Waals surface area contributed by atoms with Crippen molar-refractivity contribution in [2.24, 2.45) is 0 Å². The molecule has 0 heterocycles. The van der Waals surface area contributed by atoms with Crippen LogP contribution in [0, 0.1) is 26.2 Å². The minimum atomic E-state index is -0.102. The number of carbonyl (C=O) groups excluding carboxylic acids is 1. The molecule has 2 N–H and O–H groups in total. The number of aliphatic hydroxyl groups is 1. The Balaban J connectivity index is 2.41. The van der Waals surface area contributed by atoms with Gasteiger partial charge in [0.15, 0.2) is 5.78 Å². The minimum Gasteiger partial charge on any atom is -0.511 e. The van der Waals surface area contributed by atoms with Crippen LogP contribution in [-0.4, -0.2) is 16.6 Å². The number of allylic oxidation sites excluding steroid dienone is 2. The van der Waals surface area contributed by atoms with Gasteiger partial charge in [-0.1, -0.05) is 24.6 Å². The van der Waals surface area contributed by atoms with Crippen molar-refractivity contribution in [1.29, 1.82) is 5.41 Å². The summed E-state index contributed by atoms with van der Waals surface area (Å²) < 4.78 is 0. The Morgan fingerprint density at radius 3 is 2.29 bits per heavy atom. The second-order valence-corrected chi connectivity index (χ2v) is 5.99. The van der Waals surface area contributed by atoms with Crippen LogP contribution in [-0.2, 0) is 4.79 Å². The Hall–Kier alpha value is -1.90. The van der Waals surface area contributed by atoms with Gasteiger partial charge < -0.3 is 10.5 Å². The molecule has 1 aliphatic rings. The van der Waals surface area contributed by atoms with Crippen molar-refractivity contribution < 1.29 is 9.90 Å². The van der Waals surface area contributed by atoms with Crippen LogP contribution in [0.1, 0.15) is 54.4 Å². The number of nitrogens with one attached hydrogen (secondary N) is 1. The number of aliphatic hydroxyl groups excluding tert-OH is 1. The van der Waals surface area contributed by atoms with Crippen LogP contribution in [0.4, 0.5) is 0 Å². The van der Waals surface area contributed by atoms with Crippen LogP contribution in [0.25, 0.3) is 0 Å². The summed E-state index contributed by atoms with van der Waals surface area (Å²) in [6.07, 6.45) is 1.30. The maximum Gasteiger partial charge on any atom is 0.168 e. The predicted octanol–water partition coefficient (Wildman–Crippen LogP) is 4.30. The van der Waals surface area contributed by atoms with Gasteiger partial charge in [0.25, 0.3) is 0 Å². The molecule has 1 aromatic carbocycles. The molecule has 0 spiro atoms. The molecule has 0 saturated heterocycles. The third-order valence-electron chi connectivity index (χ3n) is 4.24. The van der Waals surface area contributed by atoms with Gasteiger partial charge in [-0.25, -0.2) is 0 Å². The van der Waals surface area contributed by atoms with Crippen molar-refractivity contribution in [2.75, 3.05) is 0 Å². The number of benzene rings is 1. The quantitative estimate of drug-likeness (QED) is 0.813. The van der Waals surface area contributed by atoms with Crippen LogP contribution >= 0.6 is 0 Å². The zero-order valence-electron chi connectivity index (χ0n) is 13.2. The van der Waals surface area contributed by atoms with Crippen LogP contribution in [0.3, 0.4) is 0 Å². The molecule has 2 rings (SSSR count). The van der Waals surface area contributed by atoms with Gasteiger partial charge in [0.2, 0.25) is 0 Å². The largest absolute Gasteiger partial charge is 0.511 e. The molecule has 0 fully saturated rings. The molecule has 21 heavy (non-hydrogen) atoms. The molecule has 0 aromatic heterocycles. The molecule has 1 unspecified atom stereocenters. The lowest BCUT2D eigenvalue weighted by molar-refractivity contribution is -0.116. The van der Waals surface area contributed by atoms with E-state index in [-0.39, 0.29) is 28.7 Å². The number of Topliss-reactive ketones (excluding diaryl/α,β-unsaturated/α-hetero) is 1. The van der Waals surface area contributed by atoms with Crippen molar-refractivity contribution in [3.8, 4) is 0 Å². The molecule has 3 nitrogen and oxygen atoms in total. The predicted molar refractivity (Wildman–Crippen MR) is 85.3 cm³/mol. The zero-order chi connectivity index (χ0) is 15.7. The lowest BCUT2D eigenvalue weighted by Gasteiger charge is -2.26. The van der Waals surface area contributed by atoms with E-state index in [0.29, 0.717) is 19.3 Å². The van der Waals surface area contributed by atoms with Gasteiger partial charge >= 0.3 is 0 Å². The number of hydrogen-bond acceptors (Lipinski definition) is 3.